The Balaban J connectivity index is 2.80. The Morgan fingerprint density at radius 2 is 2.07 bits per heavy atom. The van der Waals surface area contributed by atoms with E-state index >= 15 is 0 Å². The van der Waals surface area contributed by atoms with Crippen LogP contribution in [0.25, 0.3) is 5.76 Å². The fourth-order valence-electron chi connectivity index (χ4n) is 1.46. The maximum absolute atomic E-state index is 5.43. The Morgan fingerprint density at radius 1 is 1.33 bits per heavy atom. The first-order valence-electron chi connectivity index (χ1n) is 5.40. The van der Waals surface area contributed by atoms with Gasteiger partial charge in [-0.1, -0.05) is 37.8 Å². The number of benzene rings is 1. The van der Waals surface area contributed by atoms with Gasteiger partial charge in [0.05, 0.1) is 6.61 Å². The lowest BCUT2D eigenvalue weighted by Gasteiger charge is -2.12. The second kappa shape index (κ2) is 6.25. The summed E-state index contributed by atoms with van der Waals surface area (Å²) in [6.07, 6.45) is 0. The van der Waals surface area contributed by atoms with Crippen LogP contribution in [0.15, 0.2) is 30.8 Å². The van der Waals surface area contributed by atoms with Crippen molar-refractivity contribution in [2.75, 3.05) is 13.2 Å². The molecule has 0 saturated heterocycles. The Hall–Kier alpha value is -1.28. The summed E-state index contributed by atoms with van der Waals surface area (Å²) in [6.45, 7) is 10.5. The molecule has 0 radical (unpaired) electrons. The first kappa shape index (κ1) is 11.8. The lowest BCUT2D eigenvalue weighted by Crippen LogP contribution is -2.13. The molecule has 0 aliphatic rings. The van der Waals surface area contributed by atoms with E-state index in [1.165, 1.54) is 5.56 Å². The quantitative estimate of drug-likeness (QED) is 0.721. The Labute approximate surface area is 92.0 Å². The van der Waals surface area contributed by atoms with Crippen molar-refractivity contribution in [2.45, 2.75) is 20.4 Å². The predicted octanol–water partition coefficient (Wildman–Crippen LogP) is 2.80. The zero-order valence-corrected chi connectivity index (χ0v) is 9.55. The van der Waals surface area contributed by atoms with Gasteiger partial charge in [0.2, 0.25) is 0 Å². The van der Waals surface area contributed by atoms with Gasteiger partial charge in [-0.25, -0.2) is 0 Å². The Morgan fingerprint density at radius 3 is 2.73 bits per heavy atom. The molecule has 0 aromatic heterocycles. The van der Waals surface area contributed by atoms with Crippen LogP contribution in [-0.4, -0.2) is 13.2 Å². The van der Waals surface area contributed by atoms with E-state index in [0.29, 0.717) is 6.61 Å². The molecule has 1 aromatic rings. The van der Waals surface area contributed by atoms with Gasteiger partial charge >= 0.3 is 0 Å². The maximum Gasteiger partial charge on any atom is 0.119 e. The minimum Gasteiger partial charge on any atom is -0.494 e. The molecule has 0 fully saturated rings. The van der Waals surface area contributed by atoms with E-state index in [1.54, 1.807) is 0 Å². The van der Waals surface area contributed by atoms with E-state index in [9.17, 15) is 0 Å². The smallest absolute Gasteiger partial charge is 0.119 e. The summed E-state index contributed by atoms with van der Waals surface area (Å²) in [5, 5.41) is 3.31. The lowest BCUT2D eigenvalue weighted by molar-refractivity contribution is 0.299. The zero-order chi connectivity index (χ0) is 11.1. The number of ether oxygens (including phenoxy) is 1. The van der Waals surface area contributed by atoms with Crippen LogP contribution in [-0.2, 0) is 11.3 Å². The normalized spacial score (nSPS) is 10.0. The van der Waals surface area contributed by atoms with Crippen molar-refractivity contribution in [1.29, 1.82) is 0 Å². The van der Waals surface area contributed by atoms with E-state index in [0.717, 1.165) is 24.4 Å². The second-order valence-electron chi connectivity index (χ2n) is 3.29. The molecule has 1 N–H and O–H groups in total. The Kier molecular flexibility index (Phi) is 4.91. The third-order valence-electron chi connectivity index (χ3n) is 2.20. The number of nitrogens with one attached hydrogen (secondary N) is 1. The largest absolute Gasteiger partial charge is 0.494 e. The molecule has 0 spiro atoms. The SMILES string of the molecule is C=C(OCC)c1ccccc1CNCC. The molecule has 0 amide bonds. The molecule has 0 heterocycles. The summed E-state index contributed by atoms with van der Waals surface area (Å²) in [4.78, 5) is 0. The van der Waals surface area contributed by atoms with Gasteiger partial charge in [-0.3, -0.25) is 0 Å². The van der Waals surface area contributed by atoms with Crippen molar-refractivity contribution in [3.05, 3.63) is 42.0 Å². The first-order chi connectivity index (χ1) is 7.29. The molecular weight excluding hydrogens is 186 g/mol. The number of hydrogen-bond acceptors (Lipinski definition) is 2. The van der Waals surface area contributed by atoms with Crippen LogP contribution in [0.2, 0.25) is 0 Å². The number of hydrogen-bond donors (Lipinski definition) is 1. The highest BCUT2D eigenvalue weighted by Crippen LogP contribution is 2.18. The van der Waals surface area contributed by atoms with Crippen LogP contribution < -0.4 is 5.32 Å². The highest BCUT2D eigenvalue weighted by Gasteiger charge is 2.04. The van der Waals surface area contributed by atoms with Gasteiger partial charge < -0.3 is 10.1 Å². The van der Waals surface area contributed by atoms with Gasteiger partial charge in [0.15, 0.2) is 0 Å². The van der Waals surface area contributed by atoms with Crippen molar-refractivity contribution in [3.8, 4) is 0 Å². The highest BCUT2D eigenvalue weighted by atomic mass is 16.5. The molecule has 0 aliphatic carbocycles. The molecule has 2 nitrogen and oxygen atoms in total. The van der Waals surface area contributed by atoms with E-state index in [2.05, 4.69) is 24.9 Å². The third kappa shape index (κ3) is 3.40. The standard InChI is InChI=1S/C13H19NO/c1-4-14-10-12-8-6-7-9-13(12)11(3)15-5-2/h6-9,14H,3-5,10H2,1-2H3. The summed E-state index contributed by atoms with van der Waals surface area (Å²) in [7, 11) is 0. The van der Waals surface area contributed by atoms with Gasteiger partial charge in [0, 0.05) is 12.1 Å². The monoisotopic (exact) mass is 205 g/mol. The van der Waals surface area contributed by atoms with Crippen LogP contribution in [0, 0.1) is 0 Å². The van der Waals surface area contributed by atoms with Crippen LogP contribution in [0.1, 0.15) is 25.0 Å². The summed E-state index contributed by atoms with van der Waals surface area (Å²) in [5.41, 5.74) is 2.33. The molecule has 82 valence electrons. The minimum atomic E-state index is 0.661. The van der Waals surface area contributed by atoms with Gasteiger partial charge in [0.25, 0.3) is 0 Å². The summed E-state index contributed by atoms with van der Waals surface area (Å²) in [6, 6.07) is 8.19. The van der Waals surface area contributed by atoms with E-state index < -0.39 is 0 Å². The van der Waals surface area contributed by atoms with Crippen LogP contribution in [0.3, 0.4) is 0 Å². The highest BCUT2D eigenvalue weighted by molar-refractivity contribution is 5.60. The van der Waals surface area contributed by atoms with Gasteiger partial charge in [-0.2, -0.15) is 0 Å². The maximum atomic E-state index is 5.43. The molecule has 2 heteroatoms. The summed E-state index contributed by atoms with van der Waals surface area (Å²) < 4.78 is 5.43. The fourth-order valence-corrected chi connectivity index (χ4v) is 1.46. The van der Waals surface area contributed by atoms with Crippen LogP contribution >= 0.6 is 0 Å². The lowest BCUT2D eigenvalue weighted by atomic mass is 10.1. The van der Waals surface area contributed by atoms with Gasteiger partial charge in [0.1, 0.15) is 5.76 Å². The average Bonchev–Trinajstić information content (AvgIpc) is 2.27. The summed E-state index contributed by atoms with van der Waals surface area (Å²) in [5.74, 6) is 0.756. The van der Waals surface area contributed by atoms with Gasteiger partial charge in [-0.05, 0) is 19.0 Å². The second-order valence-corrected chi connectivity index (χ2v) is 3.29. The van der Waals surface area contributed by atoms with E-state index in [1.807, 2.05) is 25.1 Å². The molecule has 0 atom stereocenters. The fraction of sp³-hybridized carbons (Fsp3) is 0.385. The molecule has 0 saturated carbocycles. The molecular formula is C13H19NO. The zero-order valence-electron chi connectivity index (χ0n) is 9.55. The van der Waals surface area contributed by atoms with Crippen LogP contribution in [0.5, 0.6) is 0 Å². The Bertz CT molecular complexity index is 320. The third-order valence-corrected chi connectivity index (χ3v) is 2.20. The predicted molar refractivity (Wildman–Crippen MR) is 64.5 cm³/mol. The van der Waals surface area contributed by atoms with Crippen molar-refractivity contribution < 1.29 is 4.74 Å². The molecule has 0 bridgehead atoms. The van der Waals surface area contributed by atoms with E-state index in [-0.39, 0.29) is 0 Å². The molecule has 1 rings (SSSR count). The van der Waals surface area contributed by atoms with Crippen molar-refractivity contribution in [2.24, 2.45) is 0 Å². The average molecular weight is 205 g/mol. The topological polar surface area (TPSA) is 21.3 Å². The molecule has 1 aromatic carbocycles. The molecule has 0 unspecified atom stereocenters. The minimum absolute atomic E-state index is 0.661. The summed E-state index contributed by atoms with van der Waals surface area (Å²) >= 11 is 0. The molecule has 0 aliphatic heterocycles. The van der Waals surface area contributed by atoms with Crippen LogP contribution in [0.4, 0.5) is 0 Å². The number of rotatable bonds is 6. The molecule has 15 heavy (non-hydrogen) atoms. The van der Waals surface area contributed by atoms with Crippen molar-refractivity contribution >= 4 is 5.76 Å². The van der Waals surface area contributed by atoms with Gasteiger partial charge in [-0.15, -0.1) is 0 Å². The van der Waals surface area contributed by atoms with E-state index in [4.69, 9.17) is 4.74 Å². The van der Waals surface area contributed by atoms with Crippen molar-refractivity contribution in [3.63, 3.8) is 0 Å². The van der Waals surface area contributed by atoms with Crippen molar-refractivity contribution in [1.82, 2.24) is 5.32 Å². The first-order valence-corrected chi connectivity index (χ1v) is 5.40.